The van der Waals surface area contributed by atoms with Crippen LogP contribution >= 0.6 is 22.9 Å². The Labute approximate surface area is 231 Å². The van der Waals surface area contributed by atoms with Crippen molar-refractivity contribution in [2.75, 3.05) is 13.1 Å². The van der Waals surface area contributed by atoms with Crippen molar-refractivity contribution in [3.05, 3.63) is 64.5 Å². The van der Waals surface area contributed by atoms with Gasteiger partial charge in [0.15, 0.2) is 5.78 Å². The first-order valence-electron chi connectivity index (χ1n) is 12.4. The number of sulfonamides is 1. The number of carbonyl (C=O) groups is 3. The summed E-state index contributed by atoms with van der Waals surface area (Å²) in [7, 11) is -4.44. The Morgan fingerprint density at radius 1 is 1.16 bits per heavy atom. The highest BCUT2D eigenvalue weighted by molar-refractivity contribution is 7.89. The fraction of sp³-hybridized carbons (Fsp3) is 0.370. The van der Waals surface area contributed by atoms with Gasteiger partial charge in [-0.3, -0.25) is 14.4 Å². The fourth-order valence-corrected chi connectivity index (χ4v) is 7.21. The molecule has 1 aromatic heterocycles. The van der Waals surface area contributed by atoms with E-state index in [9.17, 15) is 22.8 Å². The quantitative estimate of drug-likeness (QED) is 0.415. The van der Waals surface area contributed by atoms with E-state index in [0.717, 1.165) is 10.1 Å². The van der Waals surface area contributed by atoms with Crippen LogP contribution in [0.25, 0.3) is 10.1 Å². The van der Waals surface area contributed by atoms with Gasteiger partial charge in [0.2, 0.25) is 0 Å². The molecule has 1 fully saturated rings. The maximum atomic E-state index is 14.1. The lowest BCUT2D eigenvalue weighted by molar-refractivity contribution is -0.135. The molecule has 2 amide bonds. The predicted molar refractivity (Wildman–Crippen MR) is 149 cm³/mol. The summed E-state index contributed by atoms with van der Waals surface area (Å²) in [6.45, 7) is 4.24. The fourth-order valence-electron chi connectivity index (χ4n) is 4.49. The standard InChI is InChI=1S/C27H30ClN3O5S2/c1-17(2)14-21(30-26(33)25-15-18-6-3-4-8-24(18)37-25)27(34)31(22-7-5-13-29-16-23(22)32)38(35,36)20-11-9-19(28)10-12-20/h3-4,6,8-12,15,17,21-22,29H,5,7,13-14,16H2,1-2H3,(H,30,33)/t21?,22-/m0/s1. The molecule has 11 heteroatoms. The SMILES string of the molecule is CC(C)CC(NC(=O)c1cc2ccccc2s1)C(=O)N([C@H]1CCCNCC1=O)S(=O)(=O)c1ccc(Cl)cc1. The zero-order chi connectivity index (χ0) is 27.4. The van der Waals surface area contributed by atoms with Crippen molar-refractivity contribution >= 4 is 60.6 Å². The molecule has 2 N–H and O–H groups in total. The van der Waals surface area contributed by atoms with Gasteiger partial charge in [-0.25, -0.2) is 12.7 Å². The summed E-state index contributed by atoms with van der Waals surface area (Å²) >= 11 is 7.26. The van der Waals surface area contributed by atoms with E-state index in [0.29, 0.717) is 27.2 Å². The minimum Gasteiger partial charge on any atom is -0.339 e. The summed E-state index contributed by atoms with van der Waals surface area (Å²) in [4.78, 5) is 40.7. The maximum Gasteiger partial charge on any atom is 0.267 e. The van der Waals surface area contributed by atoms with Crippen LogP contribution in [0.2, 0.25) is 5.02 Å². The Bertz CT molecular complexity index is 1400. The van der Waals surface area contributed by atoms with E-state index in [4.69, 9.17) is 11.6 Å². The predicted octanol–water partition coefficient (Wildman–Crippen LogP) is 4.24. The minimum atomic E-state index is -4.44. The number of hydrogen-bond acceptors (Lipinski definition) is 7. The Hall–Kier alpha value is -2.79. The molecule has 0 radical (unpaired) electrons. The van der Waals surface area contributed by atoms with Gasteiger partial charge in [0.05, 0.1) is 16.3 Å². The topological polar surface area (TPSA) is 113 Å². The highest BCUT2D eigenvalue weighted by Crippen LogP contribution is 2.28. The Balaban J connectivity index is 1.72. The van der Waals surface area contributed by atoms with Crippen molar-refractivity contribution in [3.63, 3.8) is 0 Å². The van der Waals surface area contributed by atoms with Gasteiger partial charge in [-0.1, -0.05) is 43.6 Å². The van der Waals surface area contributed by atoms with Crippen molar-refractivity contribution in [3.8, 4) is 0 Å². The van der Waals surface area contributed by atoms with Crippen molar-refractivity contribution in [2.24, 2.45) is 5.92 Å². The maximum absolute atomic E-state index is 14.1. The van der Waals surface area contributed by atoms with Crippen LogP contribution in [0.1, 0.15) is 42.8 Å². The first-order valence-corrected chi connectivity index (χ1v) is 15.1. The third-order valence-electron chi connectivity index (χ3n) is 6.33. The molecule has 0 aliphatic carbocycles. The molecular weight excluding hydrogens is 546 g/mol. The molecule has 2 atom stereocenters. The molecule has 0 saturated carbocycles. The highest BCUT2D eigenvalue weighted by Gasteiger charge is 2.43. The van der Waals surface area contributed by atoms with E-state index in [1.54, 1.807) is 6.07 Å². The van der Waals surface area contributed by atoms with Gasteiger partial charge in [0.25, 0.3) is 21.8 Å². The van der Waals surface area contributed by atoms with Gasteiger partial charge < -0.3 is 10.6 Å². The summed E-state index contributed by atoms with van der Waals surface area (Å²) in [5.74, 6) is -1.74. The number of ketones is 1. The van der Waals surface area contributed by atoms with Gasteiger partial charge in [0.1, 0.15) is 12.1 Å². The number of fused-ring (bicyclic) bond motifs is 1. The third-order valence-corrected chi connectivity index (χ3v) is 9.52. The van der Waals surface area contributed by atoms with Crippen molar-refractivity contribution < 1.29 is 22.8 Å². The van der Waals surface area contributed by atoms with E-state index >= 15 is 0 Å². The molecule has 8 nitrogen and oxygen atoms in total. The van der Waals surface area contributed by atoms with Gasteiger partial charge in [0, 0.05) is 9.72 Å². The summed E-state index contributed by atoms with van der Waals surface area (Å²) in [6, 6.07) is 12.4. The number of nitrogens with zero attached hydrogens (tertiary/aromatic N) is 1. The molecule has 1 aliphatic heterocycles. The van der Waals surface area contributed by atoms with Crippen LogP contribution in [-0.2, 0) is 19.6 Å². The van der Waals surface area contributed by atoms with Crippen molar-refractivity contribution in [1.29, 1.82) is 0 Å². The lowest BCUT2D eigenvalue weighted by Crippen LogP contribution is -2.56. The average molecular weight is 576 g/mol. The number of nitrogens with one attached hydrogen (secondary N) is 2. The van der Waals surface area contributed by atoms with Crippen molar-refractivity contribution in [1.82, 2.24) is 14.9 Å². The van der Waals surface area contributed by atoms with Crippen LogP contribution in [0, 0.1) is 5.92 Å². The van der Waals surface area contributed by atoms with Crippen LogP contribution in [-0.4, -0.2) is 55.5 Å². The molecule has 38 heavy (non-hydrogen) atoms. The molecule has 1 unspecified atom stereocenters. The normalized spacial score (nSPS) is 17.3. The Morgan fingerprint density at radius 2 is 1.87 bits per heavy atom. The second kappa shape index (κ2) is 11.9. The zero-order valence-electron chi connectivity index (χ0n) is 21.1. The molecular formula is C27H30ClN3O5S2. The highest BCUT2D eigenvalue weighted by atomic mass is 35.5. The lowest BCUT2D eigenvalue weighted by Gasteiger charge is -2.33. The van der Waals surface area contributed by atoms with Crippen LogP contribution < -0.4 is 10.6 Å². The smallest absolute Gasteiger partial charge is 0.267 e. The van der Waals surface area contributed by atoms with E-state index in [2.05, 4.69) is 10.6 Å². The summed E-state index contributed by atoms with van der Waals surface area (Å²) < 4.78 is 29.4. The summed E-state index contributed by atoms with van der Waals surface area (Å²) in [6.07, 6.45) is 0.892. The molecule has 2 aromatic carbocycles. The zero-order valence-corrected chi connectivity index (χ0v) is 23.5. The number of amides is 2. The number of carbonyl (C=O) groups excluding carboxylic acids is 3. The lowest BCUT2D eigenvalue weighted by atomic mass is 10.0. The molecule has 1 saturated heterocycles. The summed E-state index contributed by atoms with van der Waals surface area (Å²) in [5, 5.41) is 6.99. The minimum absolute atomic E-state index is 0.0433. The van der Waals surface area contributed by atoms with Crippen LogP contribution in [0.15, 0.2) is 59.5 Å². The largest absolute Gasteiger partial charge is 0.339 e. The van der Waals surface area contributed by atoms with E-state index in [1.165, 1.54) is 35.6 Å². The molecule has 0 bridgehead atoms. The average Bonchev–Trinajstić information content (AvgIpc) is 3.21. The van der Waals surface area contributed by atoms with Crippen LogP contribution in [0.4, 0.5) is 0 Å². The molecule has 2 heterocycles. The molecule has 202 valence electrons. The van der Waals surface area contributed by atoms with E-state index in [-0.39, 0.29) is 30.2 Å². The second-order valence-corrected chi connectivity index (χ2v) is 13.0. The Kier molecular flexibility index (Phi) is 8.87. The van der Waals surface area contributed by atoms with Crippen LogP contribution in [0.3, 0.4) is 0 Å². The van der Waals surface area contributed by atoms with E-state index < -0.39 is 39.7 Å². The number of rotatable bonds is 8. The van der Waals surface area contributed by atoms with Gasteiger partial charge in [-0.05, 0) is 73.5 Å². The molecule has 4 rings (SSSR count). The first-order chi connectivity index (χ1) is 18.1. The number of thiophene rings is 1. The molecule has 0 spiro atoms. The van der Waals surface area contributed by atoms with Crippen molar-refractivity contribution in [2.45, 2.75) is 50.1 Å². The number of Topliss-reactive ketones (excluding diaryl/α,β-unsaturated/α-hetero) is 1. The van der Waals surface area contributed by atoms with Gasteiger partial charge in [-0.15, -0.1) is 11.3 Å². The number of benzene rings is 2. The van der Waals surface area contributed by atoms with E-state index in [1.807, 2.05) is 38.1 Å². The second-order valence-electron chi connectivity index (χ2n) is 9.70. The number of halogens is 1. The Morgan fingerprint density at radius 3 is 2.55 bits per heavy atom. The number of hydrogen-bond donors (Lipinski definition) is 2. The summed E-state index contributed by atoms with van der Waals surface area (Å²) in [5.41, 5.74) is 0. The van der Waals surface area contributed by atoms with Crippen LogP contribution in [0.5, 0.6) is 0 Å². The third kappa shape index (κ3) is 6.26. The van der Waals surface area contributed by atoms with Gasteiger partial charge >= 0.3 is 0 Å². The van der Waals surface area contributed by atoms with Gasteiger partial charge in [-0.2, -0.15) is 0 Å². The molecule has 3 aromatic rings. The monoisotopic (exact) mass is 575 g/mol. The first kappa shape index (κ1) is 28.2. The molecule has 1 aliphatic rings.